The van der Waals surface area contributed by atoms with Gasteiger partial charge in [-0.15, -0.1) is 0 Å². The summed E-state index contributed by atoms with van der Waals surface area (Å²) in [6, 6.07) is 4.31. The Kier molecular flexibility index (Phi) is 5.06. The van der Waals surface area contributed by atoms with Crippen molar-refractivity contribution in [3.8, 4) is 5.75 Å². The van der Waals surface area contributed by atoms with Crippen LogP contribution in [0.1, 0.15) is 13.8 Å². The Morgan fingerprint density at radius 1 is 1.59 bits per heavy atom. The lowest BCUT2D eigenvalue weighted by molar-refractivity contribution is -0.0827. The largest absolute Gasteiger partial charge is 0.506 e. The molecule has 1 atom stereocenters. The average molecular weight is 260 g/mol. The van der Waals surface area contributed by atoms with Crippen LogP contribution in [-0.2, 0) is 9.47 Å². The van der Waals surface area contributed by atoms with Gasteiger partial charge in [0.2, 0.25) is 6.29 Å². The lowest BCUT2D eigenvalue weighted by Gasteiger charge is -2.14. The van der Waals surface area contributed by atoms with E-state index in [2.05, 4.69) is 5.32 Å². The fourth-order valence-corrected chi connectivity index (χ4v) is 1.34. The lowest BCUT2D eigenvalue weighted by atomic mass is 10.3. The van der Waals surface area contributed by atoms with E-state index < -0.39 is 12.4 Å². The van der Waals surface area contributed by atoms with Gasteiger partial charge in [-0.05, 0) is 32.0 Å². The standard InChI is InChI=1S/C11H14ClNO4/c1-3-16-7(2)17-11(15)13-9-6-8(12)4-5-10(9)14/h4-7,14H,3H2,1-2H3,(H,13,15). The Hall–Kier alpha value is -1.46. The van der Waals surface area contributed by atoms with Gasteiger partial charge >= 0.3 is 6.09 Å². The number of carbonyl (C=O) groups is 1. The minimum absolute atomic E-state index is 0.0876. The van der Waals surface area contributed by atoms with Crippen LogP contribution in [0.25, 0.3) is 0 Å². The van der Waals surface area contributed by atoms with Crippen molar-refractivity contribution in [2.24, 2.45) is 0 Å². The summed E-state index contributed by atoms with van der Waals surface area (Å²) >= 11 is 5.73. The molecule has 0 saturated carbocycles. The number of benzene rings is 1. The first-order valence-corrected chi connectivity index (χ1v) is 5.48. The number of phenols is 1. The summed E-state index contributed by atoms with van der Waals surface area (Å²) in [7, 11) is 0. The Balaban J connectivity index is 2.58. The zero-order valence-electron chi connectivity index (χ0n) is 9.57. The number of rotatable bonds is 4. The van der Waals surface area contributed by atoms with Gasteiger partial charge < -0.3 is 14.6 Å². The van der Waals surface area contributed by atoms with Gasteiger partial charge in [-0.1, -0.05) is 11.6 Å². The highest BCUT2D eigenvalue weighted by molar-refractivity contribution is 6.31. The number of hydrogen-bond acceptors (Lipinski definition) is 4. The summed E-state index contributed by atoms with van der Waals surface area (Å²) in [4.78, 5) is 11.4. The summed E-state index contributed by atoms with van der Waals surface area (Å²) in [5.74, 6) is -0.0876. The Bertz CT molecular complexity index is 397. The van der Waals surface area contributed by atoms with Crippen LogP contribution in [0.4, 0.5) is 10.5 Å². The number of aromatic hydroxyl groups is 1. The highest BCUT2D eigenvalue weighted by Crippen LogP contribution is 2.26. The predicted molar refractivity (Wildman–Crippen MR) is 64.3 cm³/mol. The molecule has 0 bridgehead atoms. The van der Waals surface area contributed by atoms with Gasteiger partial charge in [-0.25, -0.2) is 4.79 Å². The maximum atomic E-state index is 11.4. The first-order chi connectivity index (χ1) is 8.02. The van der Waals surface area contributed by atoms with Crippen molar-refractivity contribution >= 4 is 23.4 Å². The van der Waals surface area contributed by atoms with E-state index in [0.717, 1.165) is 0 Å². The third-order valence-corrected chi connectivity index (χ3v) is 2.10. The molecule has 6 heteroatoms. The van der Waals surface area contributed by atoms with E-state index >= 15 is 0 Å². The average Bonchev–Trinajstić information content (AvgIpc) is 2.23. The molecule has 0 saturated heterocycles. The SMILES string of the molecule is CCOC(C)OC(=O)Nc1cc(Cl)ccc1O. The first-order valence-electron chi connectivity index (χ1n) is 5.10. The third-order valence-electron chi connectivity index (χ3n) is 1.87. The van der Waals surface area contributed by atoms with Crippen LogP contribution in [0, 0.1) is 0 Å². The van der Waals surface area contributed by atoms with E-state index in [1.54, 1.807) is 13.8 Å². The Labute approximate surface area is 104 Å². The highest BCUT2D eigenvalue weighted by atomic mass is 35.5. The molecule has 0 aromatic heterocycles. The van der Waals surface area contributed by atoms with Crippen molar-refractivity contribution in [3.05, 3.63) is 23.2 Å². The van der Waals surface area contributed by atoms with E-state index in [0.29, 0.717) is 11.6 Å². The number of hydrogen-bond donors (Lipinski definition) is 2. The van der Waals surface area contributed by atoms with Gasteiger partial charge in [-0.2, -0.15) is 0 Å². The molecule has 5 nitrogen and oxygen atoms in total. The number of carbonyl (C=O) groups excluding carboxylic acids is 1. The maximum Gasteiger partial charge on any atom is 0.414 e. The van der Waals surface area contributed by atoms with Crippen LogP contribution in [0.15, 0.2) is 18.2 Å². The molecule has 0 radical (unpaired) electrons. The zero-order valence-corrected chi connectivity index (χ0v) is 10.3. The smallest absolute Gasteiger partial charge is 0.414 e. The molecule has 17 heavy (non-hydrogen) atoms. The van der Waals surface area contributed by atoms with Crippen molar-refractivity contribution < 1.29 is 19.4 Å². The summed E-state index contributed by atoms with van der Waals surface area (Å²) < 4.78 is 9.90. The first kappa shape index (κ1) is 13.6. The van der Waals surface area contributed by atoms with Gasteiger partial charge in [0.1, 0.15) is 5.75 Å². The molecule has 1 unspecified atom stereocenters. The zero-order chi connectivity index (χ0) is 12.8. The quantitative estimate of drug-likeness (QED) is 0.644. The van der Waals surface area contributed by atoms with Crippen molar-refractivity contribution in [3.63, 3.8) is 0 Å². The molecular formula is C11H14ClNO4. The van der Waals surface area contributed by atoms with Crippen LogP contribution < -0.4 is 5.32 Å². The van der Waals surface area contributed by atoms with Gasteiger partial charge in [-0.3, -0.25) is 5.32 Å². The van der Waals surface area contributed by atoms with Crippen molar-refractivity contribution in [1.82, 2.24) is 0 Å². The fraction of sp³-hybridized carbons (Fsp3) is 0.364. The third kappa shape index (κ3) is 4.50. The molecule has 0 fully saturated rings. The van der Waals surface area contributed by atoms with Crippen molar-refractivity contribution in [1.29, 1.82) is 0 Å². The van der Waals surface area contributed by atoms with E-state index in [4.69, 9.17) is 21.1 Å². The number of halogens is 1. The molecule has 1 amide bonds. The minimum Gasteiger partial charge on any atom is -0.506 e. The molecule has 94 valence electrons. The highest BCUT2D eigenvalue weighted by Gasteiger charge is 2.11. The van der Waals surface area contributed by atoms with Gasteiger partial charge in [0, 0.05) is 11.6 Å². The van der Waals surface area contributed by atoms with Crippen LogP contribution in [-0.4, -0.2) is 24.1 Å². The Morgan fingerprint density at radius 2 is 2.29 bits per heavy atom. The molecule has 0 aliphatic heterocycles. The molecule has 0 heterocycles. The number of phenolic OH excluding ortho intramolecular Hbond substituents is 1. The van der Waals surface area contributed by atoms with Crippen LogP contribution in [0.2, 0.25) is 5.02 Å². The predicted octanol–water partition coefficient (Wildman–Crippen LogP) is 2.98. The maximum absolute atomic E-state index is 11.4. The molecule has 1 aromatic rings. The lowest BCUT2D eigenvalue weighted by Crippen LogP contribution is -2.22. The number of anilines is 1. The van der Waals surface area contributed by atoms with Crippen molar-refractivity contribution in [2.75, 3.05) is 11.9 Å². The second-order valence-corrected chi connectivity index (χ2v) is 3.65. The molecule has 1 aromatic carbocycles. The Morgan fingerprint density at radius 3 is 2.94 bits per heavy atom. The second-order valence-electron chi connectivity index (χ2n) is 3.21. The molecule has 2 N–H and O–H groups in total. The summed E-state index contributed by atoms with van der Waals surface area (Å²) in [6.07, 6.45) is -1.37. The molecular weight excluding hydrogens is 246 g/mol. The number of amides is 1. The van der Waals surface area contributed by atoms with Crippen LogP contribution >= 0.6 is 11.6 Å². The van der Waals surface area contributed by atoms with Crippen LogP contribution in [0.5, 0.6) is 5.75 Å². The molecule has 1 rings (SSSR count). The van der Waals surface area contributed by atoms with Gasteiger partial charge in [0.15, 0.2) is 0 Å². The van der Waals surface area contributed by atoms with Crippen molar-refractivity contribution in [2.45, 2.75) is 20.1 Å². The second kappa shape index (κ2) is 6.32. The summed E-state index contributed by atoms with van der Waals surface area (Å²) in [5.41, 5.74) is 0.186. The molecule has 0 aliphatic rings. The van der Waals surface area contributed by atoms with E-state index in [1.165, 1.54) is 18.2 Å². The van der Waals surface area contributed by atoms with E-state index in [1.807, 2.05) is 0 Å². The van der Waals surface area contributed by atoms with Gasteiger partial charge in [0.05, 0.1) is 5.69 Å². The molecule has 0 aliphatic carbocycles. The minimum atomic E-state index is -0.719. The summed E-state index contributed by atoms with van der Waals surface area (Å²) in [6.45, 7) is 3.83. The molecule has 0 spiro atoms. The number of ether oxygens (including phenoxy) is 2. The van der Waals surface area contributed by atoms with Gasteiger partial charge in [0.25, 0.3) is 0 Å². The van der Waals surface area contributed by atoms with Crippen LogP contribution in [0.3, 0.4) is 0 Å². The fourth-order valence-electron chi connectivity index (χ4n) is 1.17. The number of nitrogens with one attached hydrogen (secondary N) is 1. The normalized spacial score (nSPS) is 11.9. The monoisotopic (exact) mass is 259 g/mol. The topological polar surface area (TPSA) is 67.8 Å². The summed E-state index contributed by atoms with van der Waals surface area (Å²) in [5, 5.41) is 12.2. The van der Waals surface area contributed by atoms with E-state index in [9.17, 15) is 9.90 Å². The van der Waals surface area contributed by atoms with E-state index in [-0.39, 0.29) is 11.4 Å².